The molecule has 0 aliphatic rings. The second kappa shape index (κ2) is 9.67. The molecule has 3 aromatic rings. The van der Waals surface area contributed by atoms with Crippen molar-refractivity contribution in [2.75, 3.05) is 0 Å². The van der Waals surface area contributed by atoms with E-state index in [1.54, 1.807) is 4.98 Å². The number of carbonyl (C=O) groups is 1. The quantitative estimate of drug-likeness (QED) is 0.635. The molecular weight excluding hydrogens is 336 g/mol. The third-order valence-electron chi connectivity index (χ3n) is 3.48. The van der Waals surface area contributed by atoms with E-state index in [9.17, 15) is 14.4 Å². The largest absolute Gasteiger partial charge is 0.477 e. The van der Waals surface area contributed by atoms with E-state index >= 15 is 0 Å². The first kappa shape index (κ1) is 18.8. The van der Waals surface area contributed by atoms with Crippen LogP contribution < -0.4 is 11.2 Å². The van der Waals surface area contributed by atoms with Crippen molar-refractivity contribution in [1.82, 2.24) is 19.9 Å². The summed E-state index contributed by atoms with van der Waals surface area (Å²) in [5.41, 5.74) is 0.615. The summed E-state index contributed by atoms with van der Waals surface area (Å²) in [4.78, 5) is 43.0. The summed E-state index contributed by atoms with van der Waals surface area (Å²) in [6.45, 7) is 0. The van der Waals surface area contributed by atoms with Crippen molar-refractivity contribution < 1.29 is 9.90 Å². The normalized spacial score (nSPS) is 9.85. The molecule has 8 nitrogen and oxygen atoms in total. The first-order valence-electron chi connectivity index (χ1n) is 7.89. The van der Waals surface area contributed by atoms with Gasteiger partial charge in [-0.1, -0.05) is 0 Å². The Morgan fingerprint density at radius 1 is 0.923 bits per heavy atom. The summed E-state index contributed by atoms with van der Waals surface area (Å²) >= 11 is 0. The topological polar surface area (TPSA) is 129 Å². The molecule has 0 aliphatic heterocycles. The second-order valence-electron chi connectivity index (χ2n) is 5.36. The van der Waals surface area contributed by atoms with Crippen molar-refractivity contribution >= 4 is 5.97 Å². The summed E-state index contributed by atoms with van der Waals surface area (Å²) < 4.78 is 0. The van der Waals surface area contributed by atoms with Crippen molar-refractivity contribution in [2.45, 2.75) is 19.3 Å². The fourth-order valence-corrected chi connectivity index (χ4v) is 2.16. The van der Waals surface area contributed by atoms with Crippen LogP contribution in [-0.2, 0) is 12.8 Å². The van der Waals surface area contributed by atoms with E-state index in [4.69, 9.17) is 5.11 Å². The molecule has 0 radical (unpaired) electrons. The Morgan fingerprint density at radius 2 is 1.42 bits per heavy atom. The van der Waals surface area contributed by atoms with E-state index in [2.05, 4.69) is 34.2 Å². The summed E-state index contributed by atoms with van der Waals surface area (Å²) in [5.74, 6) is -1.37. The number of aromatic amines is 2. The first-order valence-corrected chi connectivity index (χ1v) is 7.89. The Balaban J connectivity index is 0.000000197. The van der Waals surface area contributed by atoms with E-state index in [-0.39, 0.29) is 0 Å². The van der Waals surface area contributed by atoms with Gasteiger partial charge in [-0.3, -0.25) is 19.7 Å². The molecule has 0 saturated heterocycles. The minimum Gasteiger partial charge on any atom is -0.477 e. The molecule has 0 saturated carbocycles. The Kier molecular flexibility index (Phi) is 6.99. The van der Waals surface area contributed by atoms with Crippen LogP contribution in [0, 0.1) is 0 Å². The van der Waals surface area contributed by atoms with Crippen LogP contribution in [0.1, 0.15) is 27.9 Å². The predicted octanol–water partition coefficient (Wildman–Crippen LogP) is 1.41. The van der Waals surface area contributed by atoms with Gasteiger partial charge in [-0.2, -0.15) is 0 Å². The van der Waals surface area contributed by atoms with Gasteiger partial charge in [0.1, 0.15) is 5.56 Å². The van der Waals surface area contributed by atoms with Gasteiger partial charge in [-0.15, -0.1) is 0 Å². The fraction of sp³-hybridized carbons (Fsp3) is 0.167. The van der Waals surface area contributed by atoms with E-state index in [1.807, 2.05) is 29.8 Å². The molecule has 0 aliphatic carbocycles. The lowest BCUT2D eigenvalue weighted by Crippen LogP contribution is -2.26. The predicted molar refractivity (Wildman–Crippen MR) is 95.1 cm³/mol. The number of aromatic nitrogens is 4. The van der Waals surface area contributed by atoms with Crippen LogP contribution in [0.4, 0.5) is 0 Å². The number of aryl methyl sites for hydroxylation is 2. The van der Waals surface area contributed by atoms with Crippen LogP contribution in [0.25, 0.3) is 0 Å². The average molecular weight is 354 g/mol. The van der Waals surface area contributed by atoms with Crippen molar-refractivity contribution in [2.24, 2.45) is 0 Å². The minimum atomic E-state index is -1.37. The third-order valence-corrected chi connectivity index (χ3v) is 3.48. The standard InChI is InChI=1S/C13H14N2.C5H4N2O4/c1(2-12-4-8-14-9-5-12)3-13-6-10-15-11-7-13;8-3-2(4(9)10)1-6-5(11)7-3/h4-11H,1-3H2;1H,(H,9,10)(H2,6,7,8,11). The Labute approximate surface area is 148 Å². The molecule has 26 heavy (non-hydrogen) atoms. The number of hydrogen-bond acceptors (Lipinski definition) is 5. The molecule has 3 rings (SSSR count). The molecule has 0 spiro atoms. The number of hydrogen-bond donors (Lipinski definition) is 3. The van der Waals surface area contributed by atoms with Gasteiger partial charge >= 0.3 is 11.7 Å². The van der Waals surface area contributed by atoms with Crippen LogP contribution >= 0.6 is 0 Å². The molecule has 3 N–H and O–H groups in total. The first-order chi connectivity index (χ1) is 12.6. The number of nitrogens with one attached hydrogen (secondary N) is 2. The van der Waals surface area contributed by atoms with Gasteiger partial charge in [-0.25, -0.2) is 9.59 Å². The molecule has 0 unspecified atom stereocenters. The van der Waals surface area contributed by atoms with Crippen molar-refractivity contribution in [3.63, 3.8) is 0 Å². The van der Waals surface area contributed by atoms with Crippen molar-refractivity contribution in [3.8, 4) is 0 Å². The highest BCUT2D eigenvalue weighted by molar-refractivity contribution is 5.86. The molecule has 0 aromatic carbocycles. The molecule has 0 bridgehead atoms. The van der Waals surface area contributed by atoms with Crippen LogP contribution in [0.15, 0.2) is 64.8 Å². The van der Waals surface area contributed by atoms with Crippen LogP contribution in [0.2, 0.25) is 0 Å². The molecule has 0 amide bonds. The van der Waals surface area contributed by atoms with Crippen LogP contribution in [0.3, 0.4) is 0 Å². The van der Waals surface area contributed by atoms with Crippen molar-refractivity contribution in [1.29, 1.82) is 0 Å². The van der Waals surface area contributed by atoms with E-state index in [0.717, 1.165) is 19.0 Å². The highest BCUT2D eigenvalue weighted by atomic mass is 16.4. The molecule has 3 heterocycles. The summed E-state index contributed by atoms with van der Waals surface area (Å²) in [6, 6.07) is 8.30. The zero-order valence-electron chi connectivity index (χ0n) is 13.9. The van der Waals surface area contributed by atoms with Gasteiger partial charge in [0, 0.05) is 31.0 Å². The molecule has 0 fully saturated rings. The van der Waals surface area contributed by atoms with Gasteiger partial charge in [0.15, 0.2) is 0 Å². The van der Waals surface area contributed by atoms with Gasteiger partial charge in [0.2, 0.25) is 0 Å². The average Bonchev–Trinajstić information content (AvgIpc) is 2.64. The lowest BCUT2D eigenvalue weighted by Gasteiger charge is -2.01. The zero-order chi connectivity index (χ0) is 18.8. The number of aromatic carboxylic acids is 1. The number of rotatable bonds is 5. The molecule has 0 atom stereocenters. The minimum absolute atomic E-state index is 0.482. The summed E-state index contributed by atoms with van der Waals surface area (Å²) in [5, 5.41) is 8.31. The highest BCUT2D eigenvalue weighted by Gasteiger charge is 2.06. The number of nitrogens with zero attached hydrogens (tertiary/aromatic N) is 2. The fourth-order valence-electron chi connectivity index (χ4n) is 2.16. The van der Waals surface area contributed by atoms with Gasteiger partial charge < -0.3 is 10.1 Å². The number of carboxylic acid groups (broad SMARTS) is 1. The smallest absolute Gasteiger partial charge is 0.342 e. The summed E-state index contributed by atoms with van der Waals surface area (Å²) in [7, 11) is 0. The van der Waals surface area contributed by atoms with Crippen molar-refractivity contribution in [3.05, 3.63) is 92.8 Å². The number of pyridine rings is 2. The zero-order valence-corrected chi connectivity index (χ0v) is 13.9. The highest BCUT2D eigenvalue weighted by Crippen LogP contribution is 2.06. The second-order valence-corrected chi connectivity index (χ2v) is 5.36. The maximum absolute atomic E-state index is 10.6. The number of carboxylic acids is 1. The lowest BCUT2D eigenvalue weighted by molar-refractivity contribution is 0.0694. The number of H-pyrrole nitrogens is 2. The molecule has 134 valence electrons. The van der Waals surface area contributed by atoms with Gasteiger partial charge in [0.25, 0.3) is 5.56 Å². The Morgan fingerprint density at radius 3 is 1.85 bits per heavy atom. The summed E-state index contributed by atoms with van der Waals surface area (Å²) in [6.07, 6.45) is 11.7. The Hall–Kier alpha value is -3.55. The van der Waals surface area contributed by atoms with Gasteiger partial charge in [-0.05, 0) is 54.7 Å². The molecule has 3 aromatic heterocycles. The van der Waals surface area contributed by atoms with E-state index < -0.39 is 22.8 Å². The molecular formula is C18H18N4O4. The Bertz CT molecular complexity index is 897. The maximum atomic E-state index is 10.6. The maximum Gasteiger partial charge on any atom is 0.342 e. The SMILES string of the molecule is O=C(O)c1c[nH]c(=O)[nH]c1=O.c1cc(CCCc2ccncc2)ccn1. The lowest BCUT2D eigenvalue weighted by atomic mass is 10.1. The van der Waals surface area contributed by atoms with Crippen LogP contribution in [0.5, 0.6) is 0 Å². The molecule has 8 heteroatoms. The monoisotopic (exact) mass is 354 g/mol. The van der Waals surface area contributed by atoms with Crippen LogP contribution in [-0.4, -0.2) is 31.0 Å². The third kappa shape index (κ3) is 6.16. The van der Waals surface area contributed by atoms with E-state index in [0.29, 0.717) is 0 Å². The van der Waals surface area contributed by atoms with E-state index in [1.165, 1.54) is 17.5 Å². The van der Waals surface area contributed by atoms with Gasteiger partial charge in [0.05, 0.1) is 0 Å².